The first-order valence-corrected chi connectivity index (χ1v) is 13.7. The van der Waals surface area contributed by atoms with Crippen molar-refractivity contribution in [3.05, 3.63) is 82.8 Å². The smallest absolute Gasteiger partial charge is 0.272 e. The van der Waals surface area contributed by atoms with Gasteiger partial charge in [0.2, 0.25) is 0 Å². The van der Waals surface area contributed by atoms with Gasteiger partial charge in [0.25, 0.3) is 5.91 Å². The molecule has 1 saturated heterocycles. The van der Waals surface area contributed by atoms with Crippen LogP contribution in [0.5, 0.6) is 5.75 Å². The van der Waals surface area contributed by atoms with Crippen molar-refractivity contribution in [2.45, 2.75) is 71.0 Å². The summed E-state index contributed by atoms with van der Waals surface area (Å²) in [7, 11) is 0. The van der Waals surface area contributed by atoms with Crippen LogP contribution in [-0.2, 0) is 12.0 Å². The third-order valence-electron chi connectivity index (χ3n) is 7.74. The van der Waals surface area contributed by atoms with Crippen LogP contribution < -0.4 is 15.4 Å². The molecule has 1 aromatic heterocycles. The number of likely N-dealkylation sites (tertiary alicyclic amines) is 1. The highest BCUT2D eigenvalue weighted by molar-refractivity contribution is 5.94. The van der Waals surface area contributed by atoms with Crippen LogP contribution >= 0.6 is 0 Å². The molecule has 0 saturated carbocycles. The number of hydrogen-bond donors (Lipinski definition) is 2. The lowest BCUT2D eigenvalue weighted by Crippen LogP contribution is -2.46. The van der Waals surface area contributed by atoms with Crippen LogP contribution in [0.3, 0.4) is 0 Å². The molecule has 38 heavy (non-hydrogen) atoms. The first-order valence-electron chi connectivity index (χ1n) is 13.7. The Labute approximate surface area is 226 Å². The highest BCUT2D eigenvalue weighted by Gasteiger charge is 2.29. The van der Waals surface area contributed by atoms with E-state index in [1.165, 1.54) is 23.0 Å². The number of hydrogen-bond acceptors (Lipinski definition) is 6. The molecule has 3 heterocycles. The summed E-state index contributed by atoms with van der Waals surface area (Å²) in [4.78, 5) is 24.1. The van der Waals surface area contributed by atoms with Gasteiger partial charge >= 0.3 is 0 Å². The average molecular weight is 514 g/mol. The van der Waals surface area contributed by atoms with E-state index >= 15 is 0 Å². The zero-order chi connectivity index (χ0) is 26.7. The molecule has 0 aliphatic carbocycles. The Hall–Kier alpha value is -3.45. The summed E-state index contributed by atoms with van der Waals surface area (Å²) in [5, 5.41) is 7.23. The van der Waals surface area contributed by atoms with Crippen molar-refractivity contribution in [1.82, 2.24) is 20.2 Å². The zero-order valence-electron chi connectivity index (χ0n) is 23.0. The molecule has 1 unspecified atom stereocenters. The lowest BCUT2D eigenvalue weighted by molar-refractivity contribution is 0.0692. The molecule has 7 nitrogen and oxygen atoms in total. The van der Waals surface area contributed by atoms with Crippen LogP contribution in [0.25, 0.3) is 0 Å². The largest absolute Gasteiger partial charge is 0.493 e. The van der Waals surface area contributed by atoms with E-state index in [1.807, 2.05) is 24.0 Å². The van der Waals surface area contributed by atoms with E-state index in [0.717, 1.165) is 37.2 Å². The number of aromatic nitrogens is 2. The summed E-state index contributed by atoms with van der Waals surface area (Å²) in [6, 6.07) is 17.6. The van der Waals surface area contributed by atoms with Crippen molar-refractivity contribution in [2.75, 3.05) is 25.0 Å². The summed E-state index contributed by atoms with van der Waals surface area (Å²) in [5.74, 6) is 1.67. The van der Waals surface area contributed by atoms with E-state index in [1.54, 1.807) is 0 Å². The van der Waals surface area contributed by atoms with Gasteiger partial charge in [-0.25, -0.2) is 9.97 Å². The summed E-state index contributed by atoms with van der Waals surface area (Å²) in [5.41, 5.74) is 5.12. The summed E-state index contributed by atoms with van der Waals surface area (Å²) >= 11 is 0. The molecule has 2 aliphatic rings. The van der Waals surface area contributed by atoms with Crippen molar-refractivity contribution in [2.24, 2.45) is 0 Å². The number of nitrogens with zero attached hydrogens (tertiary/aromatic N) is 3. The molecule has 0 bridgehead atoms. The molecule has 0 radical (unpaired) electrons. The number of piperidine rings is 1. The molecule has 5 rings (SSSR count). The molecule has 2 N–H and O–H groups in total. The first-order chi connectivity index (χ1) is 18.3. The van der Waals surface area contributed by atoms with Gasteiger partial charge in [-0.1, -0.05) is 63.2 Å². The van der Waals surface area contributed by atoms with Crippen LogP contribution in [0.2, 0.25) is 0 Å². The predicted molar refractivity (Wildman–Crippen MR) is 151 cm³/mol. The second-order valence-electron chi connectivity index (χ2n) is 11.5. The number of anilines is 1. The summed E-state index contributed by atoms with van der Waals surface area (Å²) < 4.78 is 5.81. The summed E-state index contributed by atoms with van der Waals surface area (Å²) in [6.45, 7) is 11.4. The molecule has 1 amide bonds. The number of nitrogens with one attached hydrogen (secondary N) is 2. The number of ether oxygens (including phenoxy) is 1. The molecule has 7 heteroatoms. The number of amides is 1. The first kappa shape index (κ1) is 26.2. The third kappa shape index (κ3) is 5.83. The fraction of sp³-hybridized carbons (Fsp3) is 0.452. The Bertz CT molecular complexity index is 1260. The predicted octanol–water partition coefficient (Wildman–Crippen LogP) is 5.41. The van der Waals surface area contributed by atoms with Gasteiger partial charge in [-0.3, -0.25) is 4.79 Å². The maximum atomic E-state index is 13.4. The minimum absolute atomic E-state index is 0.0163. The molecule has 2 aromatic carbocycles. The van der Waals surface area contributed by atoms with E-state index in [4.69, 9.17) is 4.74 Å². The van der Waals surface area contributed by atoms with Gasteiger partial charge in [0.05, 0.1) is 6.61 Å². The molecule has 3 aromatic rings. The monoisotopic (exact) mass is 513 g/mol. The van der Waals surface area contributed by atoms with Crippen molar-refractivity contribution in [3.8, 4) is 5.75 Å². The maximum absolute atomic E-state index is 13.4. The van der Waals surface area contributed by atoms with Crippen molar-refractivity contribution in [3.63, 3.8) is 0 Å². The maximum Gasteiger partial charge on any atom is 0.272 e. The van der Waals surface area contributed by atoms with Crippen LogP contribution in [0.1, 0.15) is 78.8 Å². The molecule has 2 aliphatic heterocycles. The average Bonchev–Trinajstić information content (AvgIpc) is 2.92. The molecular formula is C31H39N5O2. The van der Waals surface area contributed by atoms with Gasteiger partial charge in [0.1, 0.15) is 23.6 Å². The van der Waals surface area contributed by atoms with Crippen molar-refractivity contribution >= 4 is 11.7 Å². The second-order valence-corrected chi connectivity index (χ2v) is 11.5. The van der Waals surface area contributed by atoms with Crippen LogP contribution in [0, 0.1) is 6.92 Å². The number of carbonyl (C=O) groups excluding carboxylic acids is 1. The lowest BCUT2D eigenvalue weighted by atomic mass is 9.87. The number of benzene rings is 2. The minimum Gasteiger partial charge on any atom is -0.493 e. The van der Waals surface area contributed by atoms with Crippen LogP contribution in [0.15, 0.2) is 54.9 Å². The molecule has 0 spiro atoms. The number of rotatable bonds is 6. The highest BCUT2D eigenvalue weighted by Crippen LogP contribution is 2.32. The molecule has 1 atom stereocenters. The zero-order valence-corrected chi connectivity index (χ0v) is 23.0. The topological polar surface area (TPSA) is 79.4 Å². The number of carbonyl (C=O) groups is 1. The van der Waals surface area contributed by atoms with Gasteiger partial charge in [-0.2, -0.15) is 0 Å². The van der Waals surface area contributed by atoms with Crippen molar-refractivity contribution < 1.29 is 9.53 Å². The van der Waals surface area contributed by atoms with Gasteiger partial charge in [-0.15, -0.1) is 0 Å². The van der Waals surface area contributed by atoms with E-state index < -0.39 is 0 Å². The van der Waals surface area contributed by atoms with Gasteiger partial charge in [0, 0.05) is 49.3 Å². The molecule has 200 valence electrons. The fourth-order valence-electron chi connectivity index (χ4n) is 5.35. The summed E-state index contributed by atoms with van der Waals surface area (Å²) in [6.07, 6.45) is 4.30. The van der Waals surface area contributed by atoms with E-state index in [9.17, 15) is 4.79 Å². The van der Waals surface area contributed by atoms with Crippen LogP contribution in [-0.4, -0.2) is 46.5 Å². The SMILES string of the molecule is Cc1c(NCc2ccc(C(C)(C)C)cc2)ncnc1C(=O)N1CCC(NC2CCOc3ccccc32)CC1. The Balaban J connectivity index is 1.17. The Morgan fingerprint density at radius 2 is 1.76 bits per heavy atom. The van der Waals surface area contributed by atoms with E-state index in [-0.39, 0.29) is 11.3 Å². The molecule has 1 fully saturated rings. The Morgan fingerprint density at radius 3 is 2.50 bits per heavy atom. The second kappa shape index (κ2) is 11.1. The van der Waals surface area contributed by atoms with Crippen molar-refractivity contribution in [1.29, 1.82) is 0 Å². The van der Waals surface area contributed by atoms with Gasteiger partial charge < -0.3 is 20.3 Å². The quantitative estimate of drug-likeness (QED) is 0.459. The highest BCUT2D eigenvalue weighted by atomic mass is 16.5. The van der Waals surface area contributed by atoms with E-state index in [2.05, 4.69) is 77.8 Å². The minimum atomic E-state index is -0.0163. The standard InChI is InChI=1S/C31H39N5O2/c1-21-28(33-20-34-29(21)32-19-22-9-11-23(12-10-22)31(2,3)4)30(37)36-16-13-24(14-17-36)35-26-15-18-38-27-8-6-5-7-25(26)27/h5-12,20,24,26,35H,13-19H2,1-4H3,(H,32,33,34). The normalized spacial score (nSPS) is 18.0. The van der Waals surface area contributed by atoms with Crippen LogP contribution in [0.4, 0.5) is 5.82 Å². The van der Waals surface area contributed by atoms with Gasteiger partial charge in [0.15, 0.2) is 0 Å². The lowest BCUT2D eigenvalue weighted by Gasteiger charge is -2.36. The Kier molecular flexibility index (Phi) is 7.65. The number of para-hydroxylation sites is 1. The Morgan fingerprint density at radius 1 is 1.03 bits per heavy atom. The fourth-order valence-corrected chi connectivity index (χ4v) is 5.35. The number of fused-ring (bicyclic) bond motifs is 1. The van der Waals surface area contributed by atoms with E-state index in [0.29, 0.717) is 43.2 Å². The third-order valence-corrected chi connectivity index (χ3v) is 7.74. The van der Waals surface area contributed by atoms with Gasteiger partial charge in [-0.05, 0) is 42.4 Å². The molecular weight excluding hydrogens is 474 g/mol.